The Labute approximate surface area is 127 Å². The van der Waals surface area contributed by atoms with Gasteiger partial charge in [0, 0.05) is 25.4 Å². The van der Waals surface area contributed by atoms with Gasteiger partial charge in [-0.15, -0.1) is 0 Å². The van der Waals surface area contributed by atoms with Crippen LogP contribution in [-0.2, 0) is 17.6 Å². The van der Waals surface area contributed by atoms with E-state index < -0.39 is 0 Å². The summed E-state index contributed by atoms with van der Waals surface area (Å²) in [5.74, 6) is 0.851. The molecule has 0 spiro atoms. The lowest BCUT2D eigenvalue weighted by Gasteiger charge is -2.32. The first-order valence-corrected chi connectivity index (χ1v) is 7.93. The molecule has 4 heteroatoms. The van der Waals surface area contributed by atoms with Crippen LogP contribution in [-0.4, -0.2) is 31.3 Å². The van der Waals surface area contributed by atoms with Crippen LogP contribution in [0.15, 0.2) is 6.07 Å². The minimum absolute atomic E-state index is 0.402. The lowest BCUT2D eigenvalue weighted by atomic mass is 10.1. The van der Waals surface area contributed by atoms with Gasteiger partial charge in [-0.3, -0.25) is 0 Å². The van der Waals surface area contributed by atoms with Crippen LogP contribution < -0.4 is 4.90 Å². The van der Waals surface area contributed by atoms with E-state index in [1.54, 1.807) is 7.11 Å². The Morgan fingerprint density at radius 3 is 2.76 bits per heavy atom. The van der Waals surface area contributed by atoms with Crippen molar-refractivity contribution in [3.63, 3.8) is 0 Å². The molecular formula is C17H25N3O. The standard InChI is InChI=1S/C17H25N3O/c1-4-15(5-2)20(9-10-21-3)17-14(12-18)11-13-7-6-8-16(13)19-17/h11,15H,4-10H2,1-3H3. The van der Waals surface area contributed by atoms with Gasteiger partial charge in [-0.25, -0.2) is 4.98 Å². The third-order valence-corrected chi connectivity index (χ3v) is 4.34. The number of anilines is 1. The Kier molecular flexibility index (Phi) is 5.58. The maximum atomic E-state index is 9.50. The SMILES string of the molecule is CCC(CC)N(CCOC)c1nc2c(cc1C#N)CCC2. The van der Waals surface area contributed by atoms with Crippen LogP contribution in [0.2, 0.25) is 0 Å². The number of fused-ring (bicyclic) bond motifs is 1. The van der Waals surface area contributed by atoms with Crippen molar-refractivity contribution in [2.24, 2.45) is 0 Å². The smallest absolute Gasteiger partial charge is 0.147 e. The molecule has 114 valence electrons. The molecule has 0 fully saturated rings. The van der Waals surface area contributed by atoms with Crippen molar-refractivity contribution in [1.82, 2.24) is 4.98 Å². The molecule has 1 aromatic rings. The van der Waals surface area contributed by atoms with Crippen molar-refractivity contribution >= 4 is 5.82 Å². The first-order chi connectivity index (χ1) is 10.2. The zero-order chi connectivity index (χ0) is 15.2. The van der Waals surface area contributed by atoms with Gasteiger partial charge in [0.1, 0.15) is 11.9 Å². The lowest BCUT2D eigenvalue weighted by molar-refractivity contribution is 0.202. The third-order valence-electron chi connectivity index (χ3n) is 4.34. The molecule has 0 saturated carbocycles. The van der Waals surface area contributed by atoms with E-state index in [1.165, 1.54) is 11.3 Å². The van der Waals surface area contributed by atoms with Crippen molar-refractivity contribution in [3.05, 3.63) is 22.9 Å². The first kappa shape index (κ1) is 15.8. The molecule has 1 aliphatic rings. The second-order valence-electron chi connectivity index (χ2n) is 5.59. The number of hydrogen-bond donors (Lipinski definition) is 0. The molecule has 2 rings (SSSR count). The molecule has 4 nitrogen and oxygen atoms in total. The Morgan fingerprint density at radius 2 is 2.14 bits per heavy atom. The lowest BCUT2D eigenvalue weighted by Crippen LogP contribution is -2.38. The number of aryl methyl sites for hydroxylation is 2. The molecule has 0 saturated heterocycles. The summed E-state index contributed by atoms with van der Waals surface area (Å²) in [6.45, 7) is 5.81. The van der Waals surface area contributed by atoms with Crippen molar-refractivity contribution < 1.29 is 4.74 Å². The number of nitrogens with zero attached hydrogens (tertiary/aromatic N) is 3. The molecule has 1 heterocycles. The number of rotatable bonds is 7. The van der Waals surface area contributed by atoms with E-state index >= 15 is 0 Å². The molecule has 0 aromatic carbocycles. The topological polar surface area (TPSA) is 49.1 Å². The van der Waals surface area contributed by atoms with Crippen LogP contribution in [0.25, 0.3) is 0 Å². The summed E-state index contributed by atoms with van der Waals surface area (Å²) in [5, 5.41) is 9.50. The van der Waals surface area contributed by atoms with Crippen molar-refractivity contribution in [3.8, 4) is 6.07 Å². The van der Waals surface area contributed by atoms with Gasteiger partial charge in [0.25, 0.3) is 0 Å². The number of aromatic nitrogens is 1. The predicted molar refractivity (Wildman–Crippen MR) is 84.6 cm³/mol. The van der Waals surface area contributed by atoms with E-state index in [9.17, 15) is 5.26 Å². The summed E-state index contributed by atoms with van der Waals surface area (Å²) in [6, 6.07) is 4.79. The Hall–Kier alpha value is -1.60. The highest BCUT2D eigenvalue weighted by Gasteiger charge is 2.23. The minimum atomic E-state index is 0.402. The molecule has 1 aromatic heterocycles. The van der Waals surface area contributed by atoms with E-state index in [0.29, 0.717) is 18.2 Å². The van der Waals surface area contributed by atoms with Gasteiger partial charge < -0.3 is 9.64 Å². The average Bonchev–Trinajstić information content (AvgIpc) is 2.97. The second-order valence-corrected chi connectivity index (χ2v) is 5.59. The molecule has 0 bridgehead atoms. The largest absolute Gasteiger partial charge is 0.383 e. The second kappa shape index (κ2) is 7.42. The average molecular weight is 287 g/mol. The monoisotopic (exact) mass is 287 g/mol. The fraction of sp³-hybridized carbons (Fsp3) is 0.647. The van der Waals surface area contributed by atoms with E-state index in [2.05, 4.69) is 24.8 Å². The molecule has 0 atom stereocenters. The maximum Gasteiger partial charge on any atom is 0.147 e. The zero-order valence-electron chi connectivity index (χ0n) is 13.4. The number of nitriles is 1. The normalized spacial score (nSPS) is 13.3. The van der Waals surface area contributed by atoms with Gasteiger partial charge in [0.05, 0.1) is 12.2 Å². The van der Waals surface area contributed by atoms with E-state index in [0.717, 1.165) is 44.5 Å². The fourth-order valence-corrected chi connectivity index (χ4v) is 3.14. The van der Waals surface area contributed by atoms with Crippen molar-refractivity contribution in [2.45, 2.75) is 52.0 Å². The van der Waals surface area contributed by atoms with Crippen LogP contribution in [0.4, 0.5) is 5.82 Å². The molecular weight excluding hydrogens is 262 g/mol. The predicted octanol–water partition coefficient (Wildman–Crippen LogP) is 3.08. The number of pyridine rings is 1. The van der Waals surface area contributed by atoms with Gasteiger partial charge in [-0.05, 0) is 43.7 Å². The summed E-state index contributed by atoms with van der Waals surface area (Å²) >= 11 is 0. The van der Waals surface area contributed by atoms with Crippen LogP contribution in [0.1, 0.15) is 49.9 Å². The summed E-state index contributed by atoms with van der Waals surface area (Å²) in [4.78, 5) is 7.11. The molecule has 1 aliphatic carbocycles. The maximum absolute atomic E-state index is 9.50. The molecule has 0 radical (unpaired) electrons. The first-order valence-electron chi connectivity index (χ1n) is 7.93. The highest BCUT2D eigenvalue weighted by molar-refractivity contribution is 5.57. The summed E-state index contributed by atoms with van der Waals surface area (Å²) in [7, 11) is 1.71. The molecule has 0 N–H and O–H groups in total. The number of hydrogen-bond acceptors (Lipinski definition) is 4. The number of ether oxygens (including phenoxy) is 1. The van der Waals surface area contributed by atoms with E-state index in [1.807, 2.05) is 6.07 Å². The highest BCUT2D eigenvalue weighted by Crippen LogP contribution is 2.29. The van der Waals surface area contributed by atoms with Crippen molar-refractivity contribution in [2.75, 3.05) is 25.2 Å². The van der Waals surface area contributed by atoms with Crippen molar-refractivity contribution in [1.29, 1.82) is 5.26 Å². The zero-order valence-corrected chi connectivity index (χ0v) is 13.4. The Balaban J connectivity index is 2.40. The van der Waals surface area contributed by atoms with E-state index in [4.69, 9.17) is 9.72 Å². The van der Waals surface area contributed by atoms with Gasteiger partial charge >= 0.3 is 0 Å². The quantitative estimate of drug-likeness (QED) is 0.773. The molecule has 0 aliphatic heterocycles. The van der Waals surface area contributed by atoms with Crippen LogP contribution in [0.3, 0.4) is 0 Å². The summed E-state index contributed by atoms with van der Waals surface area (Å²) in [5.41, 5.74) is 3.14. The van der Waals surface area contributed by atoms with Crippen LogP contribution in [0, 0.1) is 11.3 Å². The summed E-state index contributed by atoms with van der Waals surface area (Å²) < 4.78 is 5.25. The third kappa shape index (κ3) is 3.36. The minimum Gasteiger partial charge on any atom is -0.383 e. The molecule has 0 amide bonds. The highest BCUT2D eigenvalue weighted by atomic mass is 16.5. The van der Waals surface area contributed by atoms with Gasteiger partial charge in [0.15, 0.2) is 0 Å². The fourth-order valence-electron chi connectivity index (χ4n) is 3.14. The Morgan fingerprint density at radius 1 is 1.38 bits per heavy atom. The van der Waals surface area contributed by atoms with Gasteiger partial charge in [-0.2, -0.15) is 5.26 Å². The summed E-state index contributed by atoms with van der Waals surface area (Å²) in [6.07, 6.45) is 5.34. The Bertz CT molecular complexity index is 518. The molecule has 21 heavy (non-hydrogen) atoms. The van der Waals surface area contributed by atoms with Crippen LogP contribution >= 0.6 is 0 Å². The number of methoxy groups -OCH3 is 1. The molecule has 0 unspecified atom stereocenters. The van der Waals surface area contributed by atoms with E-state index in [-0.39, 0.29) is 0 Å². The van der Waals surface area contributed by atoms with Gasteiger partial charge in [-0.1, -0.05) is 13.8 Å². The van der Waals surface area contributed by atoms with Crippen LogP contribution in [0.5, 0.6) is 0 Å². The van der Waals surface area contributed by atoms with Gasteiger partial charge in [0.2, 0.25) is 0 Å².